The Bertz CT molecular complexity index is 424. The SMILES string of the molecule is Cc1ccc(CNC2(C(F)(F)F)CC2)cc1Cl. The van der Waals surface area contributed by atoms with E-state index in [0.717, 1.165) is 11.1 Å². The van der Waals surface area contributed by atoms with E-state index in [0.29, 0.717) is 5.02 Å². The molecule has 1 nitrogen and oxygen atoms in total. The van der Waals surface area contributed by atoms with Gasteiger partial charge in [0.2, 0.25) is 0 Å². The molecule has 0 aromatic heterocycles. The number of rotatable bonds is 3. The monoisotopic (exact) mass is 263 g/mol. The number of alkyl halides is 3. The molecule has 1 aromatic rings. The average molecular weight is 264 g/mol. The molecule has 0 atom stereocenters. The van der Waals surface area contributed by atoms with Gasteiger partial charge in [-0.1, -0.05) is 23.7 Å². The van der Waals surface area contributed by atoms with Crippen molar-refractivity contribution in [2.75, 3.05) is 0 Å². The van der Waals surface area contributed by atoms with E-state index in [4.69, 9.17) is 11.6 Å². The quantitative estimate of drug-likeness (QED) is 0.874. The van der Waals surface area contributed by atoms with Crippen LogP contribution in [0.4, 0.5) is 13.2 Å². The maximum atomic E-state index is 12.7. The molecule has 94 valence electrons. The van der Waals surface area contributed by atoms with Gasteiger partial charge in [-0.2, -0.15) is 13.2 Å². The second kappa shape index (κ2) is 4.18. The minimum Gasteiger partial charge on any atom is -0.299 e. The molecule has 1 aliphatic rings. The van der Waals surface area contributed by atoms with Gasteiger partial charge in [0.05, 0.1) is 0 Å². The molecule has 5 heteroatoms. The third-order valence-electron chi connectivity index (χ3n) is 3.16. The predicted octanol–water partition coefficient (Wildman–Crippen LogP) is 3.83. The Morgan fingerprint density at radius 1 is 1.35 bits per heavy atom. The highest BCUT2D eigenvalue weighted by molar-refractivity contribution is 6.31. The Morgan fingerprint density at radius 3 is 2.47 bits per heavy atom. The van der Waals surface area contributed by atoms with Crippen molar-refractivity contribution in [2.24, 2.45) is 0 Å². The maximum Gasteiger partial charge on any atom is 0.406 e. The summed E-state index contributed by atoms with van der Waals surface area (Å²) in [5, 5.41) is 3.17. The van der Waals surface area contributed by atoms with E-state index in [-0.39, 0.29) is 19.4 Å². The lowest BCUT2D eigenvalue weighted by molar-refractivity contribution is -0.166. The maximum absolute atomic E-state index is 12.7. The van der Waals surface area contributed by atoms with Gasteiger partial charge in [0.25, 0.3) is 0 Å². The third-order valence-corrected chi connectivity index (χ3v) is 3.57. The summed E-state index contributed by atoms with van der Waals surface area (Å²) in [5.41, 5.74) is 0.0353. The van der Waals surface area contributed by atoms with E-state index in [1.807, 2.05) is 13.0 Å². The molecule has 0 heterocycles. The fourth-order valence-corrected chi connectivity index (χ4v) is 1.91. The second-order valence-corrected chi connectivity index (χ2v) is 4.92. The molecule has 1 fully saturated rings. The van der Waals surface area contributed by atoms with Crippen molar-refractivity contribution in [3.8, 4) is 0 Å². The fraction of sp³-hybridized carbons (Fsp3) is 0.500. The molecule has 0 aliphatic heterocycles. The first-order valence-corrected chi connectivity index (χ1v) is 5.79. The molecule has 0 radical (unpaired) electrons. The average Bonchev–Trinajstić information content (AvgIpc) is 3.00. The van der Waals surface area contributed by atoms with Gasteiger partial charge in [-0.3, -0.25) is 5.32 Å². The first kappa shape index (κ1) is 12.7. The van der Waals surface area contributed by atoms with E-state index >= 15 is 0 Å². The normalized spacial score (nSPS) is 18.2. The molecule has 1 aromatic carbocycles. The summed E-state index contributed by atoms with van der Waals surface area (Å²) in [5.74, 6) is 0. The Morgan fingerprint density at radius 2 is 2.00 bits per heavy atom. The summed E-state index contributed by atoms with van der Waals surface area (Å²) < 4.78 is 38.0. The lowest BCUT2D eigenvalue weighted by atomic mass is 10.1. The summed E-state index contributed by atoms with van der Waals surface area (Å²) in [6.45, 7) is 2.05. The van der Waals surface area contributed by atoms with Crippen LogP contribution < -0.4 is 5.32 Å². The molecule has 1 N–H and O–H groups in total. The first-order chi connectivity index (χ1) is 7.84. The van der Waals surface area contributed by atoms with Crippen molar-refractivity contribution >= 4 is 11.6 Å². The van der Waals surface area contributed by atoms with Crippen LogP contribution in [0, 0.1) is 6.92 Å². The molecule has 1 saturated carbocycles. The van der Waals surface area contributed by atoms with E-state index in [9.17, 15) is 13.2 Å². The van der Waals surface area contributed by atoms with Gasteiger partial charge in [-0.05, 0) is 37.0 Å². The van der Waals surface area contributed by atoms with E-state index < -0.39 is 11.7 Å². The Kier molecular flexibility index (Phi) is 3.12. The van der Waals surface area contributed by atoms with Gasteiger partial charge >= 0.3 is 6.18 Å². The van der Waals surface area contributed by atoms with Crippen molar-refractivity contribution in [3.63, 3.8) is 0 Å². The molecule has 0 bridgehead atoms. The first-order valence-electron chi connectivity index (χ1n) is 5.41. The lowest BCUT2D eigenvalue weighted by Gasteiger charge is -2.20. The van der Waals surface area contributed by atoms with Crippen molar-refractivity contribution in [1.29, 1.82) is 0 Å². The zero-order chi connectivity index (χ0) is 12.7. The van der Waals surface area contributed by atoms with Crippen LogP contribution >= 0.6 is 11.6 Å². The zero-order valence-corrected chi connectivity index (χ0v) is 10.1. The minimum absolute atomic E-state index is 0.163. The topological polar surface area (TPSA) is 12.0 Å². The number of halogens is 4. The third kappa shape index (κ3) is 2.58. The van der Waals surface area contributed by atoms with Crippen LogP contribution in [-0.2, 0) is 6.54 Å². The van der Waals surface area contributed by atoms with Gasteiger partial charge in [-0.25, -0.2) is 0 Å². The molecule has 0 spiro atoms. The number of hydrogen-bond acceptors (Lipinski definition) is 1. The number of nitrogens with one attached hydrogen (secondary N) is 1. The number of benzene rings is 1. The van der Waals surface area contributed by atoms with Gasteiger partial charge in [0, 0.05) is 11.6 Å². The molecule has 2 rings (SSSR count). The van der Waals surface area contributed by atoms with Gasteiger partial charge in [0.1, 0.15) is 5.54 Å². The standard InChI is InChI=1S/C12H13ClF3N/c1-8-2-3-9(6-10(8)13)7-17-11(4-5-11)12(14,15)16/h2-3,6,17H,4-5,7H2,1H3. The van der Waals surface area contributed by atoms with Crippen molar-refractivity contribution < 1.29 is 13.2 Å². The van der Waals surface area contributed by atoms with Crippen LogP contribution in [0.5, 0.6) is 0 Å². The van der Waals surface area contributed by atoms with E-state index in [1.54, 1.807) is 12.1 Å². The molecule has 0 amide bonds. The molecule has 0 unspecified atom stereocenters. The summed E-state index contributed by atoms with van der Waals surface area (Å²) in [6.07, 6.45) is -3.84. The Balaban J connectivity index is 2.01. The van der Waals surface area contributed by atoms with E-state index in [2.05, 4.69) is 5.32 Å². The largest absolute Gasteiger partial charge is 0.406 e. The summed E-state index contributed by atoms with van der Waals surface area (Å²) >= 11 is 5.92. The Hall–Kier alpha value is -0.740. The van der Waals surface area contributed by atoms with Crippen LogP contribution in [0.1, 0.15) is 24.0 Å². The van der Waals surface area contributed by atoms with Crippen LogP contribution in [0.3, 0.4) is 0 Å². The van der Waals surface area contributed by atoms with Crippen molar-refractivity contribution in [1.82, 2.24) is 5.32 Å². The Labute approximate surface area is 103 Å². The molecule has 17 heavy (non-hydrogen) atoms. The highest BCUT2D eigenvalue weighted by atomic mass is 35.5. The predicted molar refractivity (Wildman–Crippen MR) is 61.0 cm³/mol. The van der Waals surface area contributed by atoms with Crippen LogP contribution in [0.25, 0.3) is 0 Å². The molecule has 0 saturated heterocycles. The smallest absolute Gasteiger partial charge is 0.299 e. The second-order valence-electron chi connectivity index (χ2n) is 4.52. The number of aryl methyl sites for hydroxylation is 1. The summed E-state index contributed by atoms with van der Waals surface area (Å²) in [4.78, 5) is 0. The van der Waals surface area contributed by atoms with Crippen molar-refractivity contribution in [2.45, 2.75) is 38.0 Å². The highest BCUT2D eigenvalue weighted by Gasteiger charge is 2.62. The lowest BCUT2D eigenvalue weighted by Crippen LogP contribution is -2.44. The number of hydrogen-bond donors (Lipinski definition) is 1. The van der Waals surface area contributed by atoms with Crippen LogP contribution in [0.2, 0.25) is 5.02 Å². The molecular weight excluding hydrogens is 251 g/mol. The zero-order valence-electron chi connectivity index (χ0n) is 9.37. The van der Waals surface area contributed by atoms with Gasteiger partial charge < -0.3 is 0 Å². The van der Waals surface area contributed by atoms with Crippen LogP contribution in [-0.4, -0.2) is 11.7 Å². The molecule has 1 aliphatic carbocycles. The highest BCUT2D eigenvalue weighted by Crippen LogP contribution is 2.49. The van der Waals surface area contributed by atoms with Crippen molar-refractivity contribution in [3.05, 3.63) is 34.3 Å². The molecular formula is C12H13ClF3N. The summed E-state index contributed by atoms with van der Waals surface area (Å²) in [7, 11) is 0. The fourth-order valence-electron chi connectivity index (χ4n) is 1.70. The van der Waals surface area contributed by atoms with Gasteiger partial charge in [-0.15, -0.1) is 0 Å². The minimum atomic E-state index is -4.17. The van der Waals surface area contributed by atoms with Gasteiger partial charge in [0.15, 0.2) is 0 Å². The summed E-state index contributed by atoms with van der Waals surface area (Å²) in [6, 6.07) is 5.31. The van der Waals surface area contributed by atoms with E-state index in [1.165, 1.54) is 0 Å². The van der Waals surface area contributed by atoms with Crippen LogP contribution in [0.15, 0.2) is 18.2 Å².